The van der Waals surface area contributed by atoms with Gasteiger partial charge in [0.15, 0.2) is 0 Å². The van der Waals surface area contributed by atoms with E-state index in [9.17, 15) is 5.11 Å². The van der Waals surface area contributed by atoms with Crippen LogP contribution in [0.5, 0.6) is 11.5 Å². The molecule has 102 valence electrons. The summed E-state index contributed by atoms with van der Waals surface area (Å²) in [5.74, 6) is 1.14. The van der Waals surface area contributed by atoms with Crippen molar-refractivity contribution in [3.63, 3.8) is 0 Å². The first kappa shape index (κ1) is 15.1. The monoisotopic (exact) mass is 274 g/mol. The van der Waals surface area contributed by atoms with Crippen LogP contribution < -0.4 is 9.47 Å². The van der Waals surface area contributed by atoms with Crippen LogP contribution >= 0.6 is 11.6 Å². The lowest BCUT2D eigenvalue weighted by Gasteiger charge is -2.15. The maximum absolute atomic E-state index is 9.17. The van der Waals surface area contributed by atoms with Crippen molar-refractivity contribution < 1.29 is 19.7 Å². The SMILES string of the molecule is CCC(C)Oc1ccc(OCC(O)CO)c(Cl)c1. The van der Waals surface area contributed by atoms with Crippen LogP contribution in [0.25, 0.3) is 0 Å². The lowest BCUT2D eigenvalue weighted by molar-refractivity contribution is 0.0536. The van der Waals surface area contributed by atoms with Crippen molar-refractivity contribution in [1.29, 1.82) is 0 Å². The third-order valence-electron chi connectivity index (χ3n) is 2.46. The Morgan fingerprint density at radius 1 is 1.39 bits per heavy atom. The lowest BCUT2D eigenvalue weighted by Crippen LogP contribution is -2.21. The highest BCUT2D eigenvalue weighted by molar-refractivity contribution is 6.32. The second-order valence-electron chi connectivity index (χ2n) is 4.08. The molecule has 4 nitrogen and oxygen atoms in total. The Balaban J connectivity index is 2.62. The lowest BCUT2D eigenvalue weighted by atomic mass is 10.3. The van der Waals surface area contributed by atoms with Crippen molar-refractivity contribution in [3.05, 3.63) is 23.2 Å². The van der Waals surface area contributed by atoms with Crippen molar-refractivity contribution in [2.24, 2.45) is 0 Å². The van der Waals surface area contributed by atoms with Gasteiger partial charge in [0.2, 0.25) is 0 Å². The first-order valence-electron chi connectivity index (χ1n) is 5.94. The van der Waals surface area contributed by atoms with E-state index in [1.54, 1.807) is 18.2 Å². The number of rotatable bonds is 7. The van der Waals surface area contributed by atoms with Gasteiger partial charge < -0.3 is 19.7 Å². The van der Waals surface area contributed by atoms with E-state index < -0.39 is 6.10 Å². The summed E-state index contributed by atoms with van der Waals surface area (Å²) >= 11 is 6.03. The van der Waals surface area contributed by atoms with Gasteiger partial charge in [-0.1, -0.05) is 18.5 Å². The highest BCUT2D eigenvalue weighted by Crippen LogP contribution is 2.29. The van der Waals surface area contributed by atoms with Gasteiger partial charge in [-0.05, 0) is 25.5 Å². The maximum Gasteiger partial charge on any atom is 0.138 e. The van der Waals surface area contributed by atoms with E-state index in [0.717, 1.165) is 6.42 Å². The molecule has 1 aromatic carbocycles. The summed E-state index contributed by atoms with van der Waals surface area (Å²) in [5, 5.41) is 18.3. The summed E-state index contributed by atoms with van der Waals surface area (Å²) in [7, 11) is 0. The fourth-order valence-electron chi connectivity index (χ4n) is 1.23. The quantitative estimate of drug-likeness (QED) is 0.801. The third-order valence-corrected chi connectivity index (χ3v) is 2.75. The zero-order valence-electron chi connectivity index (χ0n) is 10.6. The van der Waals surface area contributed by atoms with E-state index in [1.165, 1.54) is 0 Å². The number of aliphatic hydroxyl groups is 2. The molecule has 0 aliphatic heterocycles. The molecule has 0 aliphatic carbocycles. The maximum atomic E-state index is 9.17. The standard InChI is InChI=1S/C13H19ClO4/c1-3-9(2)18-11-4-5-13(12(14)6-11)17-8-10(16)7-15/h4-6,9-10,15-16H,3,7-8H2,1-2H3. The fourth-order valence-corrected chi connectivity index (χ4v) is 1.45. The van der Waals surface area contributed by atoms with Crippen LogP contribution in [0, 0.1) is 0 Å². The van der Waals surface area contributed by atoms with Crippen molar-refractivity contribution in [2.75, 3.05) is 13.2 Å². The van der Waals surface area contributed by atoms with Crippen molar-refractivity contribution in [2.45, 2.75) is 32.5 Å². The fraction of sp³-hybridized carbons (Fsp3) is 0.538. The molecular weight excluding hydrogens is 256 g/mol. The summed E-state index contributed by atoms with van der Waals surface area (Å²) in [6.07, 6.45) is 0.139. The molecule has 0 radical (unpaired) electrons. The molecule has 2 unspecified atom stereocenters. The van der Waals surface area contributed by atoms with Gasteiger partial charge in [0, 0.05) is 6.07 Å². The molecule has 0 heterocycles. The summed E-state index contributed by atoms with van der Waals surface area (Å²) in [4.78, 5) is 0. The number of benzene rings is 1. The Morgan fingerprint density at radius 3 is 2.67 bits per heavy atom. The van der Waals surface area contributed by atoms with Crippen LogP contribution in [0.1, 0.15) is 20.3 Å². The molecule has 2 N–H and O–H groups in total. The van der Waals surface area contributed by atoms with Crippen LogP contribution in [0.15, 0.2) is 18.2 Å². The van der Waals surface area contributed by atoms with E-state index >= 15 is 0 Å². The average Bonchev–Trinajstić information content (AvgIpc) is 2.37. The topological polar surface area (TPSA) is 58.9 Å². The average molecular weight is 275 g/mol. The molecule has 1 aromatic rings. The van der Waals surface area contributed by atoms with Crippen molar-refractivity contribution >= 4 is 11.6 Å². The largest absolute Gasteiger partial charge is 0.491 e. The number of hydrogen-bond acceptors (Lipinski definition) is 4. The van der Waals surface area contributed by atoms with Crippen LogP contribution in [0.4, 0.5) is 0 Å². The van der Waals surface area contributed by atoms with Crippen molar-refractivity contribution in [3.8, 4) is 11.5 Å². The van der Waals surface area contributed by atoms with E-state index in [1.807, 2.05) is 13.8 Å². The molecule has 0 amide bonds. The van der Waals surface area contributed by atoms with Gasteiger partial charge >= 0.3 is 0 Å². The first-order valence-corrected chi connectivity index (χ1v) is 6.32. The predicted molar refractivity (Wildman–Crippen MR) is 70.4 cm³/mol. The zero-order chi connectivity index (χ0) is 13.5. The second-order valence-corrected chi connectivity index (χ2v) is 4.48. The van der Waals surface area contributed by atoms with E-state index in [4.69, 9.17) is 26.2 Å². The van der Waals surface area contributed by atoms with Crippen molar-refractivity contribution in [1.82, 2.24) is 0 Å². The minimum atomic E-state index is -0.905. The Morgan fingerprint density at radius 2 is 2.11 bits per heavy atom. The zero-order valence-corrected chi connectivity index (χ0v) is 11.4. The second kappa shape index (κ2) is 7.46. The molecule has 0 aliphatic rings. The smallest absolute Gasteiger partial charge is 0.138 e. The van der Waals surface area contributed by atoms with E-state index in [2.05, 4.69) is 0 Å². The number of aliphatic hydroxyl groups excluding tert-OH is 2. The molecule has 18 heavy (non-hydrogen) atoms. The number of ether oxygens (including phenoxy) is 2. The molecule has 0 saturated heterocycles. The highest BCUT2D eigenvalue weighted by Gasteiger charge is 2.08. The van der Waals surface area contributed by atoms with Gasteiger partial charge in [-0.15, -0.1) is 0 Å². The molecular formula is C13H19ClO4. The van der Waals surface area contributed by atoms with Gasteiger partial charge in [0.05, 0.1) is 17.7 Å². The van der Waals surface area contributed by atoms with Gasteiger partial charge in [-0.25, -0.2) is 0 Å². The Bertz CT molecular complexity index is 370. The molecule has 0 fully saturated rings. The van der Waals surface area contributed by atoms with Crippen LogP contribution in [0.3, 0.4) is 0 Å². The molecule has 2 atom stereocenters. The Labute approximate surface area is 112 Å². The van der Waals surface area contributed by atoms with Crippen LogP contribution in [0.2, 0.25) is 5.02 Å². The molecule has 5 heteroatoms. The number of halogens is 1. The summed E-state index contributed by atoms with van der Waals surface area (Å²) in [6, 6.07) is 5.12. The van der Waals surface area contributed by atoms with Gasteiger partial charge in [-0.2, -0.15) is 0 Å². The van der Waals surface area contributed by atoms with E-state index in [0.29, 0.717) is 16.5 Å². The molecule has 0 aromatic heterocycles. The molecule has 0 saturated carbocycles. The van der Waals surface area contributed by atoms with Gasteiger partial charge in [0.1, 0.15) is 24.2 Å². The van der Waals surface area contributed by atoms with Crippen LogP contribution in [-0.2, 0) is 0 Å². The third kappa shape index (κ3) is 4.72. The molecule has 0 bridgehead atoms. The van der Waals surface area contributed by atoms with E-state index in [-0.39, 0.29) is 19.3 Å². The Kier molecular flexibility index (Phi) is 6.25. The van der Waals surface area contributed by atoms with Crippen LogP contribution in [-0.4, -0.2) is 35.6 Å². The number of hydrogen-bond donors (Lipinski definition) is 2. The predicted octanol–water partition coefficient (Wildman–Crippen LogP) is 2.25. The normalized spacial score (nSPS) is 14.1. The summed E-state index contributed by atoms with van der Waals surface area (Å²) in [6.45, 7) is 3.69. The van der Waals surface area contributed by atoms with Gasteiger partial charge in [-0.3, -0.25) is 0 Å². The molecule has 1 rings (SSSR count). The first-order chi connectivity index (χ1) is 8.56. The summed E-state index contributed by atoms with van der Waals surface area (Å²) in [5.41, 5.74) is 0. The van der Waals surface area contributed by atoms with Gasteiger partial charge in [0.25, 0.3) is 0 Å². The highest BCUT2D eigenvalue weighted by atomic mass is 35.5. The minimum absolute atomic E-state index is 0.00177. The summed E-state index contributed by atoms with van der Waals surface area (Å²) < 4.78 is 10.9. The minimum Gasteiger partial charge on any atom is -0.491 e. The molecule has 0 spiro atoms. The Hall–Kier alpha value is -0.970.